The molecule has 0 aliphatic heterocycles. The Kier molecular flexibility index (Phi) is 9.80. The van der Waals surface area contributed by atoms with Gasteiger partial charge in [-0.3, -0.25) is 14.4 Å². The Bertz CT molecular complexity index is 1140. The number of aromatic nitrogens is 1. The number of hydrogen-bond acceptors (Lipinski definition) is 7. The minimum atomic E-state index is -0.579. The number of ether oxygens (including phenoxy) is 2. The zero-order chi connectivity index (χ0) is 25.0. The highest BCUT2D eigenvalue weighted by Gasteiger charge is 2.12. The summed E-state index contributed by atoms with van der Waals surface area (Å²) in [6, 6.07) is 14.3. The van der Waals surface area contributed by atoms with Crippen molar-refractivity contribution in [2.24, 2.45) is 0 Å². The van der Waals surface area contributed by atoms with Gasteiger partial charge in [-0.15, -0.1) is 11.3 Å². The zero-order valence-corrected chi connectivity index (χ0v) is 20.7. The van der Waals surface area contributed by atoms with Crippen molar-refractivity contribution in [2.45, 2.75) is 39.7 Å². The molecule has 3 rings (SSSR count). The number of nitrogens with one attached hydrogen (secondary N) is 2. The lowest BCUT2D eigenvalue weighted by Crippen LogP contribution is -2.30. The number of nitrogens with zero attached hydrogens (tertiary/aromatic N) is 1. The molecular formula is C26H29N3O5S. The van der Waals surface area contributed by atoms with Crippen LogP contribution in [0.1, 0.15) is 46.4 Å². The zero-order valence-electron chi connectivity index (χ0n) is 19.8. The number of thiazole rings is 1. The number of hydrogen-bond donors (Lipinski definition) is 2. The summed E-state index contributed by atoms with van der Waals surface area (Å²) >= 11 is 1.32. The first-order chi connectivity index (χ1) is 16.9. The van der Waals surface area contributed by atoms with Crippen LogP contribution < -0.4 is 15.4 Å². The molecule has 3 aromatic rings. The van der Waals surface area contributed by atoms with Gasteiger partial charge >= 0.3 is 5.97 Å². The highest BCUT2D eigenvalue weighted by atomic mass is 32.1. The maximum atomic E-state index is 12.3. The number of benzene rings is 2. The van der Waals surface area contributed by atoms with E-state index in [0.29, 0.717) is 28.6 Å². The summed E-state index contributed by atoms with van der Waals surface area (Å²) in [7, 11) is 0. The third-order valence-electron chi connectivity index (χ3n) is 4.99. The third kappa shape index (κ3) is 8.53. The number of aryl methyl sites for hydroxylation is 1. The molecule has 2 amide bonds. The molecule has 2 N–H and O–H groups in total. The average molecular weight is 496 g/mol. The lowest BCUT2D eigenvalue weighted by Gasteiger charge is -2.08. The van der Waals surface area contributed by atoms with E-state index in [1.807, 2.05) is 31.2 Å². The van der Waals surface area contributed by atoms with Crippen molar-refractivity contribution >= 4 is 34.8 Å². The van der Waals surface area contributed by atoms with Gasteiger partial charge in [-0.2, -0.15) is 0 Å². The van der Waals surface area contributed by atoms with E-state index >= 15 is 0 Å². The van der Waals surface area contributed by atoms with Crippen LogP contribution in [0.5, 0.6) is 5.75 Å². The SMILES string of the molecule is CCCCOc1ccc(C(=O)NCC(=O)OCc2csc(CC(=O)Nc3ccccc3C)n2)cc1. The summed E-state index contributed by atoms with van der Waals surface area (Å²) in [5.41, 5.74) is 2.72. The van der Waals surface area contributed by atoms with Crippen LogP contribution in [0.2, 0.25) is 0 Å². The molecule has 9 heteroatoms. The highest BCUT2D eigenvalue weighted by Crippen LogP contribution is 2.16. The van der Waals surface area contributed by atoms with Crippen LogP contribution in [0.15, 0.2) is 53.9 Å². The fourth-order valence-electron chi connectivity index (χ4n) is 3.04. The lowest BCUT2D eigenvalue weighted by atomic mass is 10.2. The number of esters is 1. The molecule has 1 heterocycles. The van der Waals surface area contributed by atoms with Crippen LogP contribution in [0.4, 0.5) is 5.69 Å². The fourth-order valence-corrected chi connectivity index (χ4v) is 3.82. The van der Waals surface area contributed by atoms with Crippen molar-refractivity contribution in [3.05, 3.63) is 75.7 Å². The van der Waals surface area contributed by atoms with Crippen molar-refractivity contribution in [3.8, 4) is 5.75 Å². The first kappa shape index (κ1) is 25.9. The first-order valence-electron chi connectivity index (χ1n) is 11.4. The second-order valence-electron chi connectivity index (χ2n) is 7.84. The van der Waals surface area contributed by atoms with Gasteiger partial charge in [0.05, 0.1) is 18.7 Å². The Hall–Kier alpha value is -3.72. The molecule has 2 aromatic carbocycles. The number of rotatable bonds is 12. The lowest BCUT2D eigenvalue weighted by molar-refractivity contribution is -0.143. The molecule has 0 fully saturated rings. The number of unbranched alkanes of at least 4 members (excludes halogenated alkanes) is 1. The number of carbonyl (C=O) groups excluding carboxylic acids is 3. The maximum absolute atomic E-state index is 12.3. The topological polar surface area (TPSA) is 107 Å². The summed E-state index contributed by atoms with van der Waals surface area (Å²) in [6.45, 7) is 4.35. The van der Waals surface area contributed by atoms with E-state index in [9.17, 15) is 14.4 Å². The minimum Gasteiger partial charge on any atom is -0.494 e. The molecule has 0 saturated carbocycles. The molecule has 0 aliphatic rings. The van der Waals surface area contributed by atoms with Gasteiger partial charge < -0.3 is 20.1 Å². The molecule has 0 atom stereocenters. The van der Waals surface area contributed by atoms with Crippen molar-refractivity contribution < 1.29 is 23.9 Å². The van der Waals surface area contributed by atoms with E-state index in [-0.39, 0.29) is 31.4 Å². The molecule has 0 aliphatic carbocycles. The van der Waals surface area contributed by atoms with E-state index < -0.39 is 5.97 Å². The number of carbonyl (C=O) groups is 3. The molecule has 0 radical (unpaired) electrons. The van der Waals surface area contributed by atoms with Gasteiger partial charge in [0.1, 0.15) is 23.9 Å². The van der Waals surface area contributed by atoms with Crippen LogP contribution in [0, 0.1) is 6.92 Å². The summed E-state index contributed by atoms with van der Waals surface area (Å²) in [5, 5.41) is 7.77. The van der Waals surface area contributed by atoms with E-state index in [1.165, 1.54) is 11.3 Å². The molecule has 0 bridgehead atoms. The molecule has 35 heavy (non-hydrogen) atoms. The second-order valence-corrected chi connectivity index (χ2v) is 8.78. The quantitative estimate of drug-likeness (QED) is 0.287. The maximum Gasteiger partial charge on any atom is 0.325 e. The molecule has 0 saturated heterocycles. The predicted octanol–water partition coefficient (Wildman–Crippen LogP) is 4.28. The van der Waals surface area contributed by atoms with Gasteiger partial charge in [0.25, 0.3) is 5.91 Å². The standard InChI is InChI=1S/C26H29N3O5S/c1-3-4-13-33-21-11-9-19(10-12-21)26(32)27-15-25(31)34-16-20-17-35-24(28-20)14-23(30)29-22-8-6-5-7-18(22)2/h5-12,17H,3-4,13-16H2,1-2H3,(H,27,32)(H,29,30). The first-order valence-corrected chi connectivity index (χ1v) is 12.3. The van der Waals surface area contributed by atoms with Crippen molar-refractivity contribution in [2.75, 3.05) is 18.5 Å². The monoisotopic (exact) mass is 495 g/mol. The van der Waals surface area contributed by atoms with Gasteiger partial charge in [0, 0.05) is 16.6 Å². The van der Waals surface area contributed by atoms with E-state index in [0.717, 1.165) is 24.1 Å². The van der Waals surface area contributed by atoms with Crippen LogP contribution in [-0.2, 0) is 27.4 Å². The smallest absolute Gasteiger partial charge is 0.325 e. The van der Waals surface area contributed by atoms with Gasteiger partial charge in [0.2, 0.25) is 5.91 Å². The van der Waals surface area contributed by atoms with Crippen LogP contribution in [0.25, 0.3) is 0 Å². The van der Waals surface area contributed by atoms with E-state index in [1.54, 1.807) is 29.6 Å². The van der Waals surface area contributed by atoms with Crippen molar-refractivity contribution in [1.29, 1.82) is 0 Å². The van der Waals surface area contributed by atoms with Gasteiger partial charge in [-0.05, 0) is 49.2 Å². The molecule has 0 spiro atoms. The summed E-state index contributed by atoms with van der Waals surface area (Å²) < 4.78 is 10.8. The van der Waals surface area contributed by atoms with E-state index in [2.05, 4.69) is 22.5 Å². The Labute approximate surface area is 208 Å². The van der Waals surface area contributed by atoms with Gasteiger partial charge in [-0.25, -0.2) is 4.98 Å². The summed E-state index contributed by atoms with van der Waals surface area (Å²) in [6.07, 6.45) is 2.15. The Morgan fingerprint density at radius 1 is 1.06 bits per heavy atom. The summed E-state index contributed by atoms with van der Waals surface area (Å²) in [4.78, 5) is 40.9. The minimum absolute atomic E-state index is 0.0333. The number of anilines is 1. The highest BCUT2D eigenvalue weighted by molar-refractivity contribution is 7.09. The van der Waals surface area contributed by atoms with Crippen LogP contribution in [0.3, 0.4) is 0 Å². The van der Waals surface area contributed by atoms with Crippen molar-refractivity contribution in [3.63, 3.8) is 0 Å². The van der Waals surface area contributed by atoms with Crippen LogP contribution in [-0.4, -0.2) is 35.9 Å². The molecular weight excluding hydrogens is 466 g/mol. The number of para-hydroxylation sites is 1. The Balaban J connectivity index is 1.38. The van der Waals surface area contributed by atoms with E-state index in [4.69, 9.17) is 9.47 Å². The fraction of sp³-hybridized carbons (Fsp3) is 0.308. The third-order valence-corrected chi connectivity index (χ3v) is 5.89. The molecule has 0 unspecified atom stereocenters. The summed E-state index contributed by atoms with van der Waals surface area (Å²) in [5.74, 6) is -0.424. The number of amides is 2. The molecule has 184 valence electrons. The largest absolute Gasteiger partial charge is 0.494 e. The molecule has 8 nitrogen and oxygen atoms in total. The average Bonchev–Trinajstić information content (AvgIpc) is 3.30. The normalized spacial score (nSPS) is 10.5. The van der Waals surface area contributed by atoms with Crippen LogP contribution >= 0.6 is 11.3 Å². The Morgan fingerprint density at radius 2 is 1.83 bits per heavy atom. The van der Waals surface area contributed by atoms with Gasteiger partial charge in [-0.1, -0.05) is 31.5 Å². The van der Waals surface area contributed by atoms with Gasteiger partial charge in [0.15, 0.2) is 0 Å². The molecule has 1 aromatic heterocycles. The predicted molar refractivity (Wildman–Crippen MR) is 135 cm³/mol. The second kappa shape index (κ2) is 13.2. The Morgan fingerprint density at radius 3 is 2.57 bits per heavy atom. The van der Waals surface area contributed by atoms with Crippen molar-refractivity contribution in [1.82, 2.24) is 10.3 Å².